The summed E-state index contributed by atoms with van der Waals surface area (Å²) in [6.07, 6.45) is -2.21. The molecule has 1 aromatic rings. The van der Waals surface area contributed by atoms with E-state index in [-0.39, 0.29) is 18.1 Å². The molecular weight excluding hydrogens is 364 g/mol. The van der Waals surface area contributed by atoms with Crippen molar-refractivity contribution in [3.8, 4) is 0 Å². The fourth-order valence-electron chi connectivity index (χ4n) is 2.59. The number of rotatable bonds is 6. The predicted molar refractivity (Wildman–Crippen MR) is 89.8 cm³/mol. The molecule has 3 unspecified atom stereocenters. The van der Waals surface area contributed by atoms with Gasteiger partial charge in [0.1, 0.15) is 12.2 Å². The average Bonchev–Trinajstić information content (AvgIpc) is 2.55. The van der Waals surface area contributed by atoms with Gasteiger partial charge in [-0.15, -0.1) is 0 Å². The molecule has 0 spiro atoms. The zero-order valence-corrected chi connectivity index (χ0v) is 15.7. The van der Waals surface area contributed by atoms with Gasteiger partial charge in [0.25, 0.3) is 10.1 Å². The molecule has 0 aliphatic carbocycles. The van der Waals surface area contributed by atoms with Crippen molar-refractivity contribution in [2.24, 2.45) is 0 Å². The minimum Gasteiger partial charge on any atom is -0.458 e. The van der Waals surface area contributed by atoms with Crippen LogP contribution in [0.5, 0.6) is 0 Å². The summed E-state index contributed by atoms with van der Waals surface area (Å²) < 4.78 is 45.5. The highest BCUT2D eigenvalue weighted by molar-refractivity contribution is 7.86. The molecule has 0 radical (unpaired) electrons. The first-order valence-corrected chi connectivity index (χ1v) is 9.52. The number of esters is 2. The van der Waals surface area contributed by atoms with E-state index in [1.807, 2.05) is 6.92 Å². The van der Waals surface area contributed by atoms with E-state index in [9.17, 15) is 18.0 Å². The minimum atomic E-state index is -4.00. The summed E-state index contributed by atoms with van der Waals surface area (Å²) in [4.78, 5) is 22.6. The van der Waals surface area contributed by atoms with Crippen molar-refractivity contribution >= 4 is 22.1 Å². The van der Waals surface area contributed by atoms with E-state index >= 15 is 0 Å². The van der Waals surface area contributed by atoms with Crippen LogP contribution < -0.4 is 0 Å². The Morgan fingerprint density at radius 3 is 2.31 bits per heavy atom. The molecule has 0 bridgehead atoms. The largest absolute Gasteiger partial charge is 0.458 e. The molecule has 144 valence electrons. The van der Waals surface area contributed by atoms with E-state index in [2.05, 4.69) is 0 Å². The number of benzene rings is 1. The lowest BCUT2D eigenvalue weighted by molar-refractivity contribution is -0.196. The smallest absolute Gasteiger partial charge is 0.303 e. The maximum atomic E-state index is 12.3. The van der Waals surface area contributed by atoms with Crippen LogP contribution in [-0.2, 0) is 38.1 Å². The van der Waals surface area contributed by atoms with Crippen LogP contribution in [0.15, 0.2) is 29.2 Å². The van der Waals surface area contributed by atoms with Gasteiger partial charge in [-0.05, 0) is 19.1 Å². The molecule has 0 N–H and O–H groups in total. The summed E-state index contributed by atoms with van der Waals surface area (Å²) in [6.45, 7) is 4.14. The molecule has 2 rings (SSSR count). The second-order valence-corrected chi connectivity index (χ2v) is 7.59. The lowest BCUT2D eigenvalue weighted by Crippen LogP contribution is -2.50. The summed E-state index contributed by atoms with van der Waals surface area (Å²) in [6, 6.07) is 6.20. The van der Waals surface area contributed by atoms with Crippen molar-refractivity contribution in [2.75, 3.05) is 13.2 Å². The van der Waals surface area contributed by atoms with Gasteiger partial charge >= 0.3 is 11.9 Å². The number of aryl methyl sites for hydroxylation is 1. The van der Waals surface area contributed by atoms with E-state index in [0.29, 0.717) is 6.42 Å². The van der Waals surface area contributed by atoms with Crippen molar-refractivity contribution in [2.45, 2.75) is 50.4 Å². The van der Waals surface area contributed by atoms with E-state index in [4.69, 9.17) is 18.4 Å². The minimum absolute atomic E-state index is 0.0134. The first kappa shape index (κ1) is 20.3. The summed E-state index contributed by atoms with van der Waals surface area (Å²) >= 11 is 0. The molecule has 26 heavy (non-hydrogen) atoms. The van der Waals surface area contributed by atoms with Gasteiger partial charge in [-0.1, -0.05) is 17.7 Å². The molecule has 1 heterocycles. The van der Waals surface area contributed by atoms with Gasteiger partial charge in [0.05, 0.1) is 18.1 Å². The third-order valence-electron chi connectivity index (χ3n) is 3.78. The SMILES string of the molecule is CC(=O)OC1CCOC(COS(=O)(=O)c2ccc(C)cc2)C1OC(C)=O. The van der Waals surface area contributed by atoms with Gasteiger partial charge in [0.2, 0.25) is 0 Å². The van der Waals surface area contributed by atoms with E-state index in [1.54, 1.807) is 12.1 Å². The fraction of sp³-hybridized carbons (Fsp3) is 0.529. The number of hydrogen-bond donors (Lipinski definition) is 0. The molecule has 1 fully saturated rings. The second kappa shape index (κ2) is 8.61. The number of ether oxygens (including phenoxy) is 3. The van der Waals surface area contributed by atoms with Crippen LogP contribution in [-0.4, -0.2) is 51.9 Å². The first-order valence-electron chi connectivity index (χ1n) is 8.11. The van der Waals surface area contributed by atoms with Crippen molar-refractivity contribution < 1.29 is 36.4 Å². The summed E-state index contributed by atoms with van der Waals surface area (Å²) in [7, 11) is -4.00. The number of carbonyl (C=O) groups is 2. The Labute approximate surface area is 152 Å². The van der Waals surface area contributed by atoms with Crippen LogP contribution >= 0.6 is 0 Å². The van der Waals surface area contributed by atoms with Crippen LogP contribution in [0.1, 0.15) is 25.8 Å². The normalized spacial score (nSPS) is 23.3. The van der Waals surface area contributed by atoms with Gasteiger partial charge in [-0.2, -0.15) is 8.42 Å². The van der Waals surface area contributed by atoms with Crippen LogP contribution in [0.3, 0.4) is 0 Å². The highest BCUT2D eigenvalue weighted by atomic mass is 32.2. The number of carbonyl (C=O) groups excluding carboxylic acids is 2. The van der Waals surface area contributed by atoms with Crippen LogP contribution in [0, 0.1) is 6.92 Å². The molecule has 1 aromatic carbocycles. The topological polar surface area (TPSA) is 105 Å². The Kier molecular flexibility index (Phi) is 6.74. The monoisotopic (exact) mass is 386 g/mol. The maximum absolute atomic E-state index is 12.3. The van der Waals surface area contributed by atoms with Crippen LogP contribution in [0.25, 0.3) is 0 Å². The molecule has 1 aliphatic heterocycles. The maximum Gasteiger partial charge on any atom is 0.303 e. The van der Waals surface area contributed by atoms with Crippen LogP contribution in [0.2, 0.25) is 0 Å². The molecule has 1 saturated heterocycles. The summed E-state index contributed by atoms with van der Waals surface area (Å²) in [5.41, 5.74) is 0.915. The quantitative estimate of drug-likeness (QED) is 0.533. The lowest BCUT2D eigenvalue weighted by Gasteiger charge is -2.36. The second-order valence-electron chi connectivity index (χ2n) is 5.97. The summed E-state index contributed by atoms with van der Waals surface area (Å²) in [5, 5.41) is 0. The molecular formula is C17H22O8S. The highest BCUT2D eigenvalue weighted by Gasteiger charge is 2.40. The Bertz CT molecular complexity index is 741. The van der Waals surface area contributed by atoms with Crippen molar-refractivity contribution in [3.05, 3.63) is 29.8 Å². The predicted octanol–water partition coefficient (Wildman–Crippen LogP) is 1.35. The standard InChI is InChI=1S/C17H22O8S/c1-11-4-6-14(7-5-11)26(20,21)23-10-16-17(25-13(3)19)15(8-9-22-16)24-12(2)18/h4-7,15-17H,8-10H2,1-3H3. The average molecular weight is 386 g/mol. The molecule has 1 aliphatic rings. The third-order valence-corrected chi connectivity index (χ3v) is 5.08. The number of hydrogen-bond acceptors (Lipinski definition) is 8. The van der Waals surface area contributed by atoms with Gasteiger partial charge in [-0.3, -0.25) is 13.8 Å². The van der Waals surface area contributed by atoms with Gasteiger partial charge < -0.3 is 14.2 Å². The fourth-order valence-corrected chi connectivity index (χ4v) is 3.51. The van der Waals surface area contributed by atoms with Crippen molar-refractivity contribution in [3.63, 3.8) is 0 Å². The summed E-state index contributed by atoms with van der Waals surface area (Å²) in [5.74, 6) is -1.12. The molecule has 3 atom stereocenters. The first-order chi connectivity index (χ1) is 12.2. The Morgan fingerprint density at radius 1 is 1.12 bits per heavy atom. The molecule has 0 saturated carbocycles. The Hall–Kier alpha value is -1.97. The van der Waals surface area contributed by atoms with Gasteiger partial charge in [0, 0.05) is 20.3 Å². The van der Waals surface area contributed by atoms with E-state index in [0.717, 1.165) is 5.56 Å². The zero-order valence-electron chi connectivity index (χ0n) is 14.8. The van der Waals surface area contributed by atoms with Crippen molar-refractivity contribution in [1.29, 1.82) is 0 Å². The Morgan fingerprint density at radius 2 is 1.73 bits per heavy atom. The lowest BCUT2D eigenvalue weighted by atomic mass is 10.0. The van der Waals surface area contributed by atoms with E-state index < -0.39 is 40.4 Å². The van der Waals surface area contributed by atoms with E-state index in [1.165, 1.54) is 26.0 Å². The molecule has 8 nitrogen and oxygen atoms in total. The van der Waals surface area contributed by atoms with Gasteiger partial charge in [0.15, 0.2) is 6.10 Å². The third kappa shape index (κ3) is 5.52. The molecule has 9 heteroatoms. The van der Waals surface area contributed by atoms with Crippen LogP contribution in [0.4, 0.5) is 0 Å². The molecule has 0 amide bonds. The molecule has 0 aromatic heterocycles. The Balaban J connectivity index is 2.10. The zero-order chi connectivity index (χ0) is 19.3. The van der Waals surface area contributed by atoms with Gasteiger partial charge in [-0.25, -0.2) is 0 Å². The van der Waals surface area contributed by atoms with Crippen molar-refractivity contribution in [1.82, 2.24) is 0 Å². The highest BCUT2D eigenvalue weighted by Crippen LogP contribution is 2.23.